The molecule has 0 aliphatic rings. The van der Waals surface area contributed by atoms with Crippen LogP contribution in [0, 0.1) is 12.7 Å². The monoisotopic (exact) mass is 420 g/mol. The van der Waals surface area contributed by atoms with Gasteiger partial charge < -0.3 is 10.4 Å². The first kappa shape index (κ1) is 19.4. The number of fused-ring (bicyclic) bond motifs is 1. The fourth-order valence-corrected chi connectivity index (χ4v) is 3.13. The standard InChI is InChI=1S/C18H12F4N6O2/c1-8-4-9(5-11(19)13(8)17(29)30)26-15-16-24-7-12(28(16)3-2-23-15)10-6-25-27-14(10)18(20,21)22/h2-7H,1H3,(H,23,26)(H,25,27)(H,29,30). The van der Waals surface area contributed by atoms with Crippen LogP contribution >= 0.6 is 0 Å². The molecule has 12 heteroatoms. The molecule has 8 nitrogen and oxygen atoms in total. The summed E-state index contributed by atoms with van der Waals surface area (Å²) in [5.41, 5.74) is -1.03. The van der Waals surface area contributed by atoms with Gasteiger partial charge in [0, 0.05) is 24.3 Å². The van der Waals surface area contributed by atoms with Crippen LogP contribution in [0.2, 0.25) is 0 Å². The first-order chi connectivity index (χ1) is 14.2. The minimum absolute atomic E-state index is 0.125. The van der Waals surface area contributed by atoms with Gasteiger partial charge in [-0.3, -0.25) is 9.50 Å². The summed E-state index contributed by atoms with van der Waals surface area (Å²) < 4.78 is 55.1. The Morgan fingerprint density at radius 1 is 1.27 bits per heavy atom. The zero-order valence-electron chi connectivity index (χ0n) is 15.1. The van der Waals surface area contributed by atoms with Crippen molar-refractivity contribution in [3.05, 3.63) is 59.6 Å². The number of halogens is 4. The second kappa shape index (κ2) is 6.83. The first-order valence-electron chi connectivity index (χ1n) is 8.40. The smallest absolute Gasteiger partial charge is 0.435 e. The van der Waals surface area contributed by atoms with Crippen LogP contribution in [0.4, 0.5) is 29.1 Å². The highest BCUT2D eigenvalue weighted by molar-refractivity contribution is 5.90. The van der Waals surface area contributed by atoms with Gasteiger partial charge in [-0.25, -0.2) is 19.2 Å². The van der Waals surface area contributed by atoms with Crippen molar-refractivity contribution in [3.63, 3.8) is 0 Å². The van der Waals surface area contributed by atoms with Crippen LogP contribution in [0.1, 0.15) is 21.6 Å². The second-order valence-corrected chi connectivity index (χ2v) is 6.34. The van der Waals surface area contributed by atoms with Gasteiger partial charge in [-0.1, -0.05) is 0 Å². The lowest BCUT2D eigenvalue weighted by Gasteiger charge is -2.11. The largest absolute Gasteiger partial charge is 0.478 e. The molecule has 4 aromatic rings. The minimum Gasteiger partial charge on any atom is -0.478 e. The molecule has 0 fully saturated rings. The maximum Gasteiger partial charge on any atom is 0.435 e. The van der Waals surface area contributed by atoms with Crippen LogP contribution in [0.25, 0.3) is 16.9 Å². The third kappa shape index (κ3) is 3.21. The van der Waals surface area contributed by atoms with E-state index in [9.17, 15) is 22.4 Å². The number of alkyl halides is 3. The minimum atomic E-state index is -4.66. The van der Waals surface area contributed by atoms with E-state index in [4.69, 9.17) is 5.11 Å². The van der Waals surface area contributed by atoms with E-state index in [1.807, 2.05) is 0 Å². The third-order valence-corrected chi connectivity index (χ3v) is 4.38. The van der Waals surface area contributed by atoms with Gasteiger partial charge in [-0.15, -0.1) is 0 Å². The highest BCUT2D eigenvalue weighted by atomic mass is 19.4. The number of aromatic nitrogens is 5. The van der Waals surface area contributed by atoms with Crippen LogP contribution in [-0.2, 0) is 6.18 Å². The Labute approximate surface area is 165 Å². The lowest BCUT2D eigenvalue weighted by atomic mass is 10.1. The van der Waals surface area contributed by atoms with Gasteiger partial charge in [0.05, 0.1) is 23.0 Å². The molecular formula is C18H12F4N6O2. The van der Waals surface area contributed by atoms with Gasteiger partial charge in [0.25, 0.3) is 0 Å². The molecule has 0 radical (unpaired) electrons. The number of H-pyrrole nitrogens is 1. The van der Waals surface area contributed by atoms with Gasteiger partial charge in [-0.2, -0.15) is 18.3 Å². The molecule has 0 aliphatic carbocycles. The molecule has 4 rings (SSSR count). The zero-order valence-corrected chi connectivity index (χ0v) is 15.1. The van der Waals surface area contributed by atoms with E-state index in [-0.39, 0.29) is 34.0 Å². The number of aromatic carboxylic acids is 1. The van der Waals surface area contributed by atoms with Crippen molar-refractivity contribution >= 4 is 23.1 Å². The number of nitrogens with one attached hydrogen (secondary N) is 2. The maximum atomic E-state index is 14.1. The van der Waals surface area contributed by atoms with E-state index in [1.165, 1.54) is 36.0 Å². The van der Waals surface area contributed by atoms with Gasteiger partial charge in [-0.05, 0) is 24.6 Å². The Hall–Kier alpha value is -3.96. The summed E-state index contributed by atoms with van der Waals surface area (Å²) in [6, 6.07) is 2.41. The Balaban J connectivity index is 1.77. The third-order valence-electron chi connectivity index (χ3n) is 4.38. The lowest BCUT2D eigenvalue weighted by molar-refractivity contribution is -0.140. The molecule has 0 saturated heterocycles. The predicted octanol–water partition coefficient (Wildman–Crippen LogP) is 4.03. The quantitative estimate of drug-likeness (QED) is 0.430. The van der Waals surface area contributed by atoms with E-state index in [2.05, 4.69) is 25.5 Å². The van der Waals surface area contributed by atoms with Crippen molar-refractivity contribution in [2.24, 2.45) is 0 Å². The van der Waals surface area contributed by atoms with Gasteiger partial charge in [0.1, 0.15) is 5.82 Å². The summed E-state index contributed by atoms with van der Waals surface area (Å²) in [5.74, 6) is -2.19. The van der Waals surface area contributed by atoms with Crippen molar-refractivity contribution in [2.75, 3.05) is 5.32 Å². The van der Waals surface area contributed by atoms with Crippen molar-refractivity contribution in [2.45, 2.75) is 13.1 Å². The SMILES string of the molecule is Cc1cc(Nc2nccn3c(-c4c[nH]nc4C(F)(F)F)cnc23)cc(F)c1C(=O)O. The molecule has 0 bridgehead atoms. The van der Waals surface area contributed by atoms with Crippen molar-refractivity contribution < 1.29 is 27.5 Å². The predicted molar refractivity (Wildman–Crippen MR) is 96.9 cm³/mol. The number of hydrogen-bond donors (Lipinski definition) is 3. The van der Waals surface area contributed by atoms with Crippen LogP contribution in [-0.4, -0.2) is 35.6 Å². The fraction of sp³-hybridized carbons (Fsp3) is 0.111. The van der Waals surface area contributed by atoms with Crippen molar-refractivity contribution in [3.8, 4) is 11.3 Å². The number of benzene rings is 1. The van der Waals surface area contributed by atoms with Crippen LogP contribution in [0.3, 0.4) is 0 Å². The lowest BCUT2D eigenvalue weighted by Crippen LogP contribution is -2.08. The number of aromatic amines is 1. The molecule has 154 valence electrons. The molecule has 30 heavy (non-hydrogen) atoms. The average Bonchev–Trinajstić information content (AvgIpc) is 3.27. The molecular weight excluding hydrogens is 408 g/mol. The summed E-state index contributed by atoms with van der Waals surface area (Å²) in [7, 11) is 0. The molecule has 0 unspecified atom stereocenters. The Morgan fingerprint density at radius 2 is 2.03 bits per heavy atom. The van der Waals surface area contributed by atoms with Crippen molar-refractivity contribution in [1.82, 2.24) is 24.6 Å². The highest BCUT2D eigenvalue weighted by Gasteiger charge is 2.37. The number of rotatable bonds is 4. The molecule has 0 spiro atoms. The normalized spacial score (nSPS) is 11.8. The van der Waals surface area contributed by atoms with Gasteiger partial charge >= 0.3 is 12.1 Å². The molecule has 0 amide bonds. The highest BCUT2D eigenvalue weighted by Crippen LogP contribution is 2.36. The summed E-state index contributed by atoms with van der Waals surface area (Å²) in [6.07, 6.45) is 0.456. The first-order valence-corrected chi connectivity index (χ1v) is 8.40. The van der Waals surface area contributed by atoms with E-state index in [0.29, 0.717) is 0 Å². The van der Waals surface area contributed by atoms with Crippen LogP contribution < -0.4 is 5.32 Å². The Bertz CT molecular complexity index is 1250. The van der Waals surface area contributed by atoms with Gasteiger partial charge in [0.2, 0.25) is 0 Å². The van der Waals surface area contributed by atoms with E-state index in [1.54, 1.807) is 0 Å². The van der Waals surface area contributed by atoms with E-state index < -0.39 is 29.2 Å². The number of carboxylic acids is 1. The molecule has 3 heterocycles. The fourth-order valence-electron chi connectivity index (χ4n) is 3.13. The number of nitrogens with zero attached hydrogens (tertiary/aromatic N) is 4. The summed E-state index contributed by atoms with van der Waals surface area (Å²) >= 11 is 0. The van der Waals surface area contributed by atoms with Crippen LogP contribution in [0.5, 0.6) is 0 Å². The van der Waals surface area contributed by atoms with Crippen LogP contribution in [0.15, 0.2) is 36.9 Å². The molecule has 0 saturated carbocycles. The number of anilines is 2. The number of aryl methyl sites for hydroxylation is 1. The number of carbonyl (C=O) groups is 1. The molecule has 1 aromatic carbocycles. The summed E-state index contributed by atoms with van der Waals surface area (Å²) in [4.78, 5) is 19.4. The molecule has 0 atom stereocenters. The average molecular weight is 420 g/mol. The van der Waals surface area contributed by atoms with E-state index >= 15 is 0 Å². The maximum absolute atomic E-state index is 14.1. The second-order valence-electron chi connectivity index (χ2n) is 6.34. The zero-order chi connectivity index (χ0) is 21.6. The van der Waals surface area contributed by atoms with Gasteiger partial charge in [0.15, 0.2) is 17.2 Å². The van der Waals surface area contributed by atoms with E-state index in [0.717, 1.165) is 12.3 Å². The number of imidazole rings is 1. The Kier molecular flexibility index (Phi) is 4.41. The molecule has 3 N–H and O–H groups in total. The number of carboxylic acid groups (broad SMARTS) is 1. The number of hydrogen-bond acceptors (Lipinski definition) is 5. The molecule has 3 aromatic heterocycles. The summed E-state index contributed by atoms with van der Waals surface area (Å²) in [5, 5.41) is 17.4. The molecule has 0 aliphatic heterocycles. The topological polar surface area (TPSA) is 108 Å². The van der Waals surface area contributed by atoms with Crippen molar-refractivity contribution in [1.29, 1.82) is 0 Å². The summed E-state index contributed by atoms with van der Waals surface area (Å²) in [6.45, 7) is 1.44. The Morgan fingerprint density at radius 3 is 2.70 bits per heavy atom.